The molecule has 1 aliphatic rings. The smallest absolute Gasteiger partial charge is 0.253 e. The minimum Gasteiger partial charge on any atom is -0.436 e. The lowest BCUT2D eigenvalue weighted by atomic mass is 10.1. The molecule has 0 unspecified atom stereocenters. The third-order valence-electron chi connectivity index (χ3n) is 4.29. The first kappa shape index (κ1) is 14.0. The van der Waals surface area contributed by atoms with Gasteiger partial charge in [0.05, 0.1) is 0 Å². The van der Waals surface area contributed by atoms with Gasteiger partial charge in [-0.1, -0.05) is 18.2 Å². The Morgan fingerprint density at radius 2 is 1.83 bits per heavy atom. The molecule has 4 heteroatoms. The largest absolute Gasteiger partial charge is 0.436 e. The molecule has 0 spiro atoms. The summed E-state index contributed by atoms with van der Waals surface area (Å²) in [6.07, 6.45) is 3.40. The molecule has 2 aromatic carbocycles. The van der Waals surface area contributed by atoms with Crippen LogP contribution >= 0.6 is 0 Å². The standard InChI is InChI=1S/C19H18N2O2/c22-19(21-11-4-1-5-12-21)15-8-6-7-14(13-15)18-20-16-9-2-3-10-17(16)23-18/h2-3,6-10,13H,1,4-5,11-12H2. The van der Waals surface area contributed by atoms with Crippen molar-refractivity contribution in [1.82, 2.24) is 9.88 Å². The Bertz CT molecular complexity index is 814. The van der Waals surface area contributed by atoms with Gasteiger partial charge in [-0.05, 0) is 49.6 Å². The van der Waals surface area contributed by atoms with E-state index in [4.69, 9.17) is 4.42 Å². The van der Waals surface area contributed by atoms with E-state index in [0.717, 1.165) is 42.6 Å². The van der Waals surface area contributed by atoms with Crippen LogP contribution < -0.4 is 0 Å². The van der Waals surface area contributed by atoms with Crippen molar-refractivity contribution >= 4 is 17.0 Å². The maximum Gasteiger partial charge on any atom is 0.253 e. The zero-order chi connectivity index (χ0) is 15.6. The number of piperidine rings is 1. The van der Waals surface area contributed by atoms with Crippen molar-refractivity contribution in [2.75, 3.05) is 13.1 Å². The van der Waals surface area contributed by atoms with Crippen molar-refractivity contribution in [1.29, 1.82) is 0 Å². The van der Waals surface area contributed by atoms with Crippen molar-refractivity contribution < 1.29 is 9.21 Å². The minimum absolute atomic E-state index is 0.0997. The van der Waals surface area contributed by atoms with E-state index >= 15 is 0 Å². The number of benzene rings is 2. The number of aromatic nitrogens is 1. The molecule has 4 nitrogen and oxygen atoms in total. The molecule has 0 atom stereocenters. The van der Waals surface area contributed by atoms with Gasteiger partial charge in [-0.15, -0.1) is 0 Å². The van der Waals surface area contributed by atoms with Crippen LogP contribution in [0.3, 0.4) is 0 Å². The number of hydrogen-bond acceptors (Lipinski definition) is 3. The van der Waals surface area contributed by atoms with Crippen molar-refractivity contribution in [3.63, 3.8) is 0 Å². The van der Waals surface area contributed by atoms with Crippen molar-refractivity contribution in [3.8, 4) is 11.5 Å². The number of para-hydroxylation sites is 2. The Morgan fingerprint density at radius 1 is 1.00 bits per heavy atom. The van der Waals surface area contributed by atoms with Crippen LogP contribution in [0.4, 0.5) is 0 Å². The molecule has 4 rings (SSSR count). The first-order valence-corrected chi connectivity index (χ1v) is 8.06. The molecule has 0 N–H and O–H groups in total. The lowest BCUT2D eigenvalue weighted by molar-refractivity contribution is 0.0724. The van der Waals surface area contributed by atoms with Gasteiger partial charge in [0, 0.05) is 24.2 Å². The van der Waals surface area contributed by atoms with Gasteiger partial charge in [-0.3, -0.25) is 4.79 Å². The molecule has 1 aromatic heterocycles. The second kappa shape index (κ2) is 5.88. The van der Waals surface area contributed by atoms with Gasteiger partial charge in [0.15, 0.2) is 5.58 Å². The van der Waals surface area contributed by atoms with Gasteiger partial charge in [0.25, 0.3) is 5.91 Å². The molecule has 3 aromatic rings. The summed E-state index contributed by atoms with van der Waals surface area (Å²) in [4.78, 5) is 19.1. The average molecular weight is 306 g/mol. The van der Waals surface area contributed by atoms with E-state index in [0.29, 0.717) is 11.5 Å². The number of likely N-dealkylation sites (tertiary alicyclic amines) is 1. The maximum atomic E-state index is 12.6. The van der Waals surface area contributed by atoms with E-state index in [-0.39, 0.29) is 5.91 Å². The van der Waals surface area contributed by atoms with Crippen molar-refractivity contribution in [2.45, 2.75) is 19.3 Å². The molecular weight excluding hydrogens is 288 g/mol. The highest BCUT2D eigenvalue weighted by Crippen LogP contribution is 2.25. The summed E-state index contributed by atoms with van der Waals surface area (Å²) in [5, 5.41) is 0. The molecular formula is C19H18N2O2. The third kappa shape index (κ3) is 2.72. The highest BCUT2D eigenvalue weighted by Gasteiger charge is 2.19. The Morgan fingerprint density at radius 3 is 2.65 bits per heavy atom. The summed E-state index contributed by atoms with van der Waals surface area (Å²) in [5.74, 6) is 0.655. The second-order valence-corrected chi connectivity index (χ2v) is 5.92. The summed E-state index contributed by atoms with van der Waals surface area (Å²) in [6.45, 7) is 1.71. The SMILES string of the molecule is O=C(c1cccc(-c2nc3ccccc3o2)c1)N1CCCCC1. The third-order valence-corrected chi connectivity index (χ3v) is 4.29. The highest BCUT2D eigenvalue weighted by molar-refractivity contribution is 5.95. The average Bonchev–Trinajstić information content (AvgIpc) is 3.06. The van der Waals surface area contributed by atoms with E-state index < -0.39 is 0 Å². The summed E-state index contributed by atoms with van der Waals surface area (Å²) in [5.41, 5.74) is 3.13. The number of hydrogen-bond donors (Lipinski definition) is 0. The van der Waals surface area contributed by atoms with E-state index in [9.17, 15) is 4.79 Å². The van der Waals surface area contributed by atoms with Crippen LogP contribution in [0.1, 0.15) is 29.6 Å². The van der Waals surface area contributed by atoms with E-state index in [1.165, 1.54) is 6.42 Å². The summed E-state index contributed by atoms with van der Waals surface area (Å²) < 4.78 is 5.80. The summed E-state index contributed by atoms with van der Waals surface area (Å²) in [7, 11) is 0. The van der Waals surface area contributed by atoms with Crippen LogP contribution in [0.2, 0.25) is 0 Å². The molecule has 1 fully saturated rings. The fourth-order valence-electron chi connectivity index (χ4n) is 3.06. The molecule has 1 aliphatic heterocycles. The van der Waals surface area contributed by atoms with Gasteiger partial charge in [0.1, 0.15) is 5.52 Å². The van der Waals surface area contributed by atoms with Crippen molar-refractivity contribution in [2.24, 2.45) is 0 Å². The predicted molar refractivity (Wildman–Crippen MR) is 89.2 cm³/mol. The van der Waals surface area contributed by atoms with Crippen LogP contribution in [0.25, 0.3) is 22.6 Å². The topological polar surface area (TPSA) is 46.3 Å². The molecule has 0 aliphatic carbocycles. The van der Waals surface area contributed by atoms with E-state index in [1.807, 2.05) is 53.4 Å². The number of amides is 1. The molecule has 116 valence electrons. The van der Waals surface area contributed by atoms with Crippen molar-refractivity contribution in [3.05, 3.63) is 54.1 Å². The Kier molecular flexibility index (Phi) is 3.58. The highest BCUT2D eigenvalue weighted by atomic mass is 16.3. The number of fused-ring (bicyclic) bond motifs is 1. The number of oxazole rings is 1. The molecule has 0 radical (unpaired) electrons. The lowest BCUT2D eigenvalue weighted by Gasteiger charge is -2.26. The zero-order valence-electron chi connectivity index (χ0n) is 12.9. The predicted octanol–water partition coefficient (Wildman–Crippen LogP) is 4.12. The Balaban J connectivity index is 1.66. The number of rotatable bonds is 2. The molecule has 0 saturated carbocycles. The minimum atomic E-state index is 0.0997. The number of carbonyl (C=O) groups is 1. The normalized spacial score (nSPS) is 15.0. The molecule has 1 saturated heterocycles. The number of carbonyl (C=O) groups excluding carboxylic acids is 1. The Labute approximate surface area is 134 Å². The van der Waals surface area contributed by atoms with Gasteiger partial charge >= 0.3 is 0 Å². The monoisotopic (exact) mass is 306 g/mol. The molecule has 23 heavy (non-hydrogen) atoms. The zero-order valence-corrected chi connectivity index (χ0v) is 12.9. The van der Waals surface area contributed by atoms with Crippen LogP contribution in [0.5, 0.6) is 0 Å². The van der Waals surface area contributed by atoms with Gasteiger partial charge in [-0.25, -0.2) is 4.98 Å². The Hall–Kier alpha value is -2.62. The maximum absolute atomic E-state index is 12.6. The van der Waals surface area contributed by atoms with E-state index in [2.05, 4.69) is 4.98 Å². The molecule has 0 bridgehead atoms. The fourth-order valence-corrected chi connectivity index (χ4v) is 3.06. The summed E-state index contributed by atoms with van der Waals surface area (Å²) >= 11 is 0. The first-order valence-electron chi connectivity index (χ1n) is 8.06. The van der Waals surface area contributed by atoms with E-state index in [1.54, 1.807) is 0 Å². The molecule has 2 heterocycles. The molecule has 1 amide bonds. The van der Waals surface area contributed by atoms with Gasteiger partial charge in [0.2, 0.25) is 5.89 Å². The van der Waals surface area contributed by atoms with Crippen LogP contribution in [-0.2, 0) is 0 Å². The fraction of sp³-hybridized carbons (Fsp3) is 0.263. The summed E-state index contributed by atoms with van der Waals surface area (Å²) in [6, 6.07) is 15.2. The first-order chi connectivity index (χ1) is 11.3. The second-order valence-electron chi connectivity index (χ2n) is 5.92. The van der Waals surface area contributed by atoms with Crippen LogP contribution in [0.15, 0.2) is 52.9 Å². The lowest BCUT2D eigenvalue weighted by Crippen LogP contribution is -2.35. The van der Waals surface area contributed by atoms with Gasteiger partial charge < -0.3 is 9.32 Å². The number of nitrogens with zero attached hydrogens (tertiary/aromatic N) is 2. The van der Waals surface area contributed by atoms with Crippen LogP contribution in [0, 0.1) is 0 Å². The van der Waals surface area contributed by atoms with Crippen LogP contribution in [-0.4, -0.2) is 28.9 Å². The quantitative estimate of drug-likeness (QED) is 0.715. The van der Waals surface area contributed by atoms with Gasteiger partial charge in [-0.2, -0.15) is 0 Å².